The molecule has 0 atom stereocenters. The van der Waals surface area contributed by atoms with Gasteiger partial charge in [0.1, 0.15) is 5.75 Å². The van der Waals surface area contributed by atoms with Gasteiger partial charge in [0.2, 0.25) is 0 Å². The first-order valence-corrected chi connectivity index (χ1v) is 9.32. The highest BCUT2D eigenvalue weighted by atomic mass is 16.5. The van der Waals surface area contributed by atoms with Crippen LogP contribution in [0.1, 0.15) is 19.8 Å². The summed E-state index contributed by atoms with van der Waals surface area (Å²) in [6.45, 7) is 3.83. The van der Waals surface area contributed by atoms with Gasteiger partial charge in [0.05, 0.1) is 6.61 Å². The maximum absolute atomic E-state index is 12.1. The molecular weight excluding hydrogens is 356 g/mol. The van der Waals surface area contributed by atoms with Gasteiger partial charge in [-0.25, -0.2) is 19.7 Å². The summed E-state index contributed by atoms with van der Waals surface area (Å²) in [5.41, 5.74) is 0.710. The lowest BCUT2D eigenvalue weighted by Gasteiger charge is -2.10. The number of carbonyl (C=O) groups excluding carboxylic acids is 1. The number of unbranched alkanes of at least 4 members (excludes halogenated alkanes) is 1. The van der Waals surface area contributed by atoms with Crippen LogP contribution in [0.4, 0.5) is 10.5 Å². The minimum atomic E-state index is -0.266. The van der Waals surface area contributed by atoms with Crippen molar-refractivity contribution in [3.05, 3.63) is 55.1 Å². The number of nitrogens with zero attached hydrogens (tertiary/aromatic N) is 4. The number of hydrogen-bond acceptors (Lipinski definition) is 5. The van der Waals surface area contributed by atoms with Crippen LogP contribution in [0, 0.1) is 0 Å². The molecule has 0 saturated carbocycles. The second-order valence-electron chi connectivity index (χ2n) is 6.12. The first-order chi connectivity index (χ1) is 13.8. The van der Waals surface area contributed by atoms with Gasteiger partial charge in [-0.3, -0.25) is 0 Å². The Bertz CT molecular complexity index is 864. The fraction of sp³-hybridized carbons (Fsp3) is 0.300. The largest absolute Gasteiger partial charge is 0.494 e. The van der Waals surface area contributed by atoms with Crippen molar-refractivity contribution in [2.24, 2.45) is 0 Å². The van der Waals surface area contributed by atoms with Crippen molar-refractivity contribution in [2.45, 2.75) is 26.3 Å². The van der Waals surface area contributed by atoms with Crippen molar-refractivity contribution in [1.82, 2.24) is 24.8 Å². The Morgan fingerprint density at radius 3 is 2.64 bits per heavy atom. The lowest BCUT2D eigenvalue weighted by atomic mass is 10.3. The van der Waals surface area contributed by atoms with Gasteiger partial charge in [-0.2, -0.15) is 0 Å². The molecular formula is C20H24N6O2. The number of benzene rings is 1. The molecule has 0 unspecified atom stereocenters. The minimum absolute atomic E-state index is 0.266. The van der Waals surface area contributed by atoms with Gasteiger partial charge in [-0.05, 0) is 36.8 Å². The maximum Gasteiger partial charge on any atom is 0.319 e. The van der Waals surface area contributed by atoms with Crippen LogP contribution in [0.2, 0.25) is 0 Å². The highest BCUT2D eigenvalue weighted by molar-refractivity contribution is 5.89. The molecule has 2 N–H and O–H groups in total. The molecule has 8 nitrogen and oxygen atoms in total. The molecule has 0 saturated heterocycles. The van der Waals surface area contributed by atoms with E-state index in [1.54, 1.807) is 24.7 Å². The van der Waals surface area contributed by atoms with Gasteiger partial charge in [-0.1, -0.05) is 13.3 Å². The molecule has 8 heteroatoms. The van der Waals surface area contributed by atoms with Crippen LogP contribution in [-0.2, 0) is 6.54 Å². The monoisotopic (exact) mass is 380 g/mol. The van der Waals surface area contributed by atoms with Crippen molar-refractivity contribution < 1.29 is 9.53 Å². The Morgan fingerprint density at radius 2 is 1.89 bits per heavy atom. The predicted molar refractivity (Wildman–Crippen MR) is 107 cm³/mol. The molecule has 2 aromatic heterocycles. The third kappa shape index (κ3) is 5.54. The molecule has 146 valence electrons. The maximum atomic E-state index is 12.1. The molecule has 2 heterocycles. The molecule has 0 spiro atoms. The molecule has 0 bridgehead atoms. The molecule has 28 heavy (non-hydrogen) atoms. The van der Waals surface area contributed by atoms with Crippen molar-refractivity contribution in [3.8, 4) is 17.4 Å². The Balaban J connectivity index is 1.45. The summed E-state index contributed by atoms with van der Waals surface area (Å²) in [6.07, 6.45) is 9.00. The van der Waals surface area contributed by atoms with E-state index in [1.165, 1.54) is 0 Å². The number of imidazole rings is 1. The fourth-order valence-corrected chi connectivity index (χ4v) is 2.54. The van der Waals surface area contributed by atoms with Crippen molar-refractivity contribution in [3.63, 3.8) is 0 Å². The van der Waals surface area contributed by atoms with Gasteiger partial charge in [-0.15, -0.1) is 0 Å². The van der Waals surface area contributed by atoms with E-state index in [1.807, 2.05) is 35.0 Å². The van der Waals surface area contributed by atoms with Crippen LogP contribution in [-0.4, -0.2) is 38.7 Å². The van der Waals surface area contributed by atoms with E-state index in [9.17, 15) is 4.79 Å². The number of anilines is 1. The van der Waals surface area contributed by atoms with Gasteiger partial charge in [0.15, 0.2) is 11.6 Å². The second-order valence-corrected chi connectivity index (χ2v) is 6.12. The number of aromatic nitrogens is 4. The van der Waals surface area contributed by atoms with Crippen LogP contribution in [0.25, 0.3) is 11.6 Å². The van der Waals surface area contributed by atoms with E-state index in [4.69, 9.17) is 4.74 Å². The summed E-state index contributed by atoms with van der Waals surface area (Å²) in [4.78, 5) is 24.8. The fourth-order valence-electron chi connectivity index (χ4n) is 2.54. The third-order valence-electron chi connectivity index (χ3n) is 4.00. The summed E-state index contributed by atoms with van der Waals surface area (Å²) in [5.74, 6) is 2.02. The normalized spacial score (nSPS) is 10.5. The number of carbonyl (C=O) groups is 1. The highest BCUT2D eigenvalue weighted by Gasteiger charge is 2.08. The number of urea groups is 1. The Morgan fingerprint density at radius 1 is 1.11 bits per heavy atom. The number of rotatable bonds is 9. The predicted octanol–water partition coefficient (Wildman–Crippen LogP) is 3.34. The van der Waals surface area contributed by atoms with Gasteiger partial charge in [0, 0.05) is 43.6 Å². The molecule has 0 aliphatic carbocycles. The van der Waals surface area contributed by atoms with E-state index in [-0.39, 0.29) is 6.03 Å². The quantitative estimate of drug-likeness (QED) is 0.555. The SMILES string of the molecule is CCCCOc1ccc(NC(=O)NCCn2ccnc2-c2ncccn2)cc1. The van der Waals surface area contributed by atoms with Crippen LogP contribution < -0.4 is 15.4 Å². The summed E-state index contributed by atoms with van der Waals surface area (Å²) in [7, 11) is 0. The van der Waals surface area contributed by atoms with Gasteiger partial charge in [0.25, 0.3) is 0 Å². The smallest absolute Gasteiger partial charge is 0.319 e. The first kappa shape index (κ1) is 19.3. The van der Waals surface area contributed by atoms with Crippen molar-refractivity contribution in [2.75, 3.05) is 18.5 Å². The zero-order valence-electron chi connectivity index (χ0n) is 15.8. The number of hydrogen-bond donors (Lipinski definition) is 2. The van der Waals surface area contributed by atoms with E-state index in [0.717, 1.165) is 18.6 Å². The second kappa shape index (κ2) is 10.1. The molecule has 0 aliphatic rings. The Hall–Kier alpha value is -3.42. The standard InChI is InChI=1S/C20H24N6O2/c1-2-3-15-28-17-7-5-16(6-8-17)25-20(27)24-12-14-26-13-11-23-19(26)18-21-9-4-10-22-18/h4-11,13H,2-3,12,14-15H2,1H3,(H2,24,25,27). The molecule has 3 aromatic rings. The van der Waals surface area contributed by atoms with Gasteiger partial charge >= 0.3 is 6.03 Å². The number of ether oxygens (including phenoxy) is 1. The lowest BCUT2D eigenvalue weighted by molar-refractivity contribution is 0.251. The van der Waals surface area contributed by atoms with Crippen molar-refractivity contribution >= 4 is 11.7 Å². The van der Waals surface area contributed by atoms with E-state index in [0.29, 0.717) is 37.0 Å². The molecule has 0 fully saturated rings. The van der Waals surface area contributed by atoms with E-state index < -0.39 is 0 Å². The molecule has 0 radical (unpaired) electrons. The van der Waals surface area contributed by atoms with Crippen LogP contribution in [0.15, 0.2) is 55.1 Å². The van der Waals surface area contributed by atoms with Crippen LogP contribution >= 0.6 is 0 Å². The molecule has 3 rings (SSSR count). The molecule has 2 amide bonds. The first-order valence-electron chi connectivity index (χ1n) is 9.32. The van der Waals surface area contributed by atoms with E-state index >= 15 is 0 Å². The summed E-state index contributed by atoms with van der Waals surface area (Å²) < 4.78 is 7.51. The van der Waals surface area contributed by atoms with Crippen molar-refractivity contribution in [1.29, 1.82) is 0 Å². The summed E-state index contributed by atoms with van der Waals surface area (Å²) in [6, 6.07) is 8.83. The van der Waals surface area contributed by atoms with E-state index in [2.05, 4.69) is 32.5 Å². The summed E-state index contributed by atoms with van der Waals surface area (Å²) in [5, 5.41) is 5.64. The Kier molecular flexibility index (Phi) is 6.95. The zero-order chi connectivity index (χ0) is 19.6. The lowest BCUT2D eigenvalue weighted by Crippen LogP contribution is -2.31. The topological polar surface area (TPSA) is 94.0 Å². The van der Waals surface area contributed by atoms with Crippen LogP contribution in [0.5, 0.6) is 5.75 Å². The average Bonchev–Trinajstić information content (AvgIpc) is 3.19. The summed E-state index contributed by atoms with van der Waals surface area (Å²) >= 11 is 0. The molecule has 0 aliphatic heterocycles. The third-order valence-corrected chi connectivity index (χ3v) is 4.00. The minimum Gasteiger partial charge on any atom is -0.494 e. The van der Waals surface area contributed by atoms with Gasteiger partial charge < -0.3 is 19.9 Å². The zero-order valence-corrected chi connectivity index (χ0v) is 15.8. The molecule has 1 aromatic carbocycles. The van der Waals surface area contributed by atoms with Crippen LogP contribution in [0.3, 0.4) is 0 Å². The highest BCUT2D eigenvalue weighted by Crippen LogP contribution is 2.16. The number of nitrogens with one attached hydrogen (secondary N) is 2. The number of amides is 2. The Labute approximate surface area is 164 Å². The average molecular weight is 380 g/mol.